The van der Waals surface area contributed by atoms with Gasteiger partial charge in [-0.2, -0.15) is 10.1 Å². The van der Waals surface area contributed by atoms with Crippen LogP contribution in [0.5, 0.6) is 0 Å². The van der Waals surface area contributed by atoms with Gasteiger partial charge in [0, 0.05) is 65.3 Å². The van der Waals surface area contributed by atoms with E-state index in [0.29, 0.717) is 19.0 Å². The third kappa shape index (κ3) is 5.29. The SMILES string of the molecule is CN(C)C(=O)CN1CCC2(CC1)CN(C(O)N1CC=C(c3cccn4nc(Nc5cnn(C)c5)nc34)CC1)C2. The molecule has 2 saturated heterocycles. The fourth-order valence-corrected chi connectivity index (χ4v) is 6.01. The van der Waals surface area contributed by atoms with Crippen molar-refractivity contribution in [2.75, 3.05) is 65.2 Å². The van der Waals surface area contributed by atoms with E-state index in [1.54, 1.807) is 20.3 Å². The van der Waals surface area contributed by atoms with E-state index in [4.69, 9.17) is 4.98 Å². The molecule has 3 aliphatic rings. The summed E-state index contributed by atoms with van der Waals surface area (Å²) in [6, 6.07) is 4.08. The minimum Gasteiger partial charge on any atom is -0.365 e. The van der Waals surface area contributed by atoms with Crippen LogP contribution in [0.1, 0.15) is 24.8 Å². The predicted molar refractivity (Wildman–Crippen MR) is 148 cm³/mol. The van der Waals surface area contributed by atoms with E-state index in [0.717, 1.165) is 68.9 Å². The van der Waals surface area contributed by atoms with Crippen LogP contribution in [0.4, 0.5) is 11.6 Å². The number of piperidine rings is 1. The van der Waals surface area contributed by atoms with Gasteiger partial charge in [0.2, 0.25) is 11.9 Å². The largest absolute Gasteiger partial charge is 0.365 e. The molecule has 12 nitrogen and oxygen atoms in total. The fourth-order valence-electron chi connectivity index (χ4n) is 6.01. The molecule has 0 aromatic carbocycles. The minimum absolute atomic E-state index is 0.163. The maximum atomic E-state index is 12.0. The number of nitrogens with zero attached hydrogens (tertiary/aromatic N) is 9. The number of fused-ring (bicyclic) bond motifs is 1. The van der Waals surface area contributed by atoms with Crippen molar-refractivity contribution < 1.29 is 9.90 Å². The summed E-state index contributed by atoms with van der Waals surface area (Å²) in [4.78, 5) is 25.0. The molecule has 39 heavy (non-hydrogen) atoms. The Hall–Kier alpha value is -3.32. The highest BCUT2D eigenvalue weighted by Crippen LogP contribution is 2.41. The first-order chi connectivity index (χ1) is 18.8. The first kappa shape index (κ1) is 25.9. The van der Waals surface area contributed by atoms with E-state index in [1.165, 1.54) is 5.57 Å². The molecule has 208 valence electrons. The number of aryl methyl sites for hydroxylation is 1. The van der Waals surface area contributed by atoms with Crippen LogP contribution >= 0.6 is 0 Å². The first-order valence-electron chi connectivity index (χ1n) is 13.7. The number of carbonyl (C=O) groups excluding carboxylic acids is 1. The van der Waals surface area contributed by atoms with Crippen LogP contribution in [-0.4, -0.2) is 121 Å². The summed E-state index contributed by atoms with van der Waals surface area (Å²) in [6.45, 7) is 5.72. The normalized spacial score (nSPS) is 21.1. The number of aliphatic hydroxyl groups excluding tert-OH is 1. The lowest BCUT2D eigenvalue weighted by atomic mass is 9.72. The van der Waals surface area contributed by atoms with E-state index >= 15 is 0 Å². The Morgan fingerprint density at radius 1 is 1.21 bits per heavy atom. The third-order valence-corrected chi connectivity index (χ3v) is 8.41. The highest BCUT2D eigenvalue weighted by atomic mass is 16.3. The van der Waals surface area contributed by atoms with Gasteiger partial charge in [-0.15, -0.1) is 5.10 Å². The topological polar surface area (TPSA) is 110 Å². The van der Waals surface area contributed by atoms with Gasteiger partial charge < -0.3 is 15.3 Å². The molecule has 6 heterocycles. The number of amides is 1. The van der Waals surface area contributed by atoms with Crippen molar-refractivity contribution in [1.82, 2.24) is 44.0 Å². The number of aromatic nitrogens is 5. The monoisotopic (exact) mass is 534 g/mol. The Kier molecular flexibility index (Phi) is 6.88. The first-order valence-corrected chi connectivity index (χ1v) is 13.7. The molecule has 3 aliphatic heterocycles. The summed E-state index contributed by atoms with van der Waals surface area (Å²) in [5, 5.41) is 23.1. The Morgan fingerprint density at radius 3 is 2.67 bits per heavy atom. The van der Waals surface area contributed by atoms with Crippen LogP contribution in [0.2, 0.25) is 0 Å². The van der Waals surface area contributed by atoms with Crippen LogP contribution in [0.3, 0.4) is 0 Å². The van der Waals surface area contributed by atoms with Crippen molar-refractivity contribution in [1.29, 1.82) is 0 Å². The van der Waals surface area contributed by atoms with Crippen molar-refractivity contribution in [3.63, 3.8) is 0 Å². The summed E-state index contributed by atoms with van der Waals surface area (Å²) in [5.74, 6) is 0.696. The van der Waals surface area contributed by atoms with Gasteiger partial charge in [0.1, 0.15) is 0 Å². The smallest absolute Gasteiger partial charge is 0.247 e. The molecule has 0 aliphatic carbocycles. The van der Waals surface area contributed by atoms with Crippen LogP contribution in [0.25, 0.3) is 11.2 Å². The zero-order valence-corrected chi connectivity index (χ0v) is 23.0. The number of anilines is 2. The molecule has 6 rings (SSSR count). The number of nitrogens with one attached hydrogen (secondary N) is 1. The van der Waals surface area contributed by atoms with Gasteiger partial charge in [-0.3, -0.25) is 24.2 Å². The van der Waals surface area contributed by atoms with Gasteiger partial charge in [-0.25, -0.2) is 4.52 Å². The van der Waals surface area contributed by atoms with Crippen LogP contribution in [0.15, 0.2) is 36.8 Å². The summed E-state index contributed by atoms with van der Waals surface area (Å²) < 4.78 is 3.53. The van der Waals surface area contributed by atoms with Gasteiger partial charge in [0.15, 0.2) is 12.0 Å². The Morgan fingerprint density at radius 2 is 2.00 bits per heavy atom. The molecule has 2 N–H and O–H groups in total. The van der Waals surface area contributed by atoms with Gasteiger partial charge >= 0.3 is 0 Å². The fraction of sp³-hybridized carbons (Fsp3) is 0.556. The van der Waals surface area contributed by atoms with E-state index in [9.17, 15) is 9.90 Å². The van der Waals surface area contributed by atoms with Crippen LogP contribution < -0.4 is 5.32 Å². The summed E-state index contributed by atoms with van der Waals surface area (Å²) in [6.07, 6.45) is 10.2. The summed E-state index contributed by atoms with van der Waals surface area (Å²) >= 11 is 0. The average Bonchev–Trinajstić information content (AvgIpc) is 3.52. The number of likely N-dealkylation sites (tertiary alicyclic amines) is 2. The molecule has 0 radical (unpaired) electrons. The van der Waals surface area contributed by atoms with Crippen molar-refractivity contribution >= 4 is 28.8 Å². The Balaban J connectivity index is 1.04. The zero-order chi connectivity index (χ0) is 27.1. The maximum absolute atomic E-state index is 12.0. The molecule has 0 bridgehead atoms. The second-order valence-electron chi connectivity index (χ2n) is 11.4. The maximum Gasteiger partial charge on any atom is 0.247 e. The molecule has 3 aromatic rings. The number of rotatable bonds is 7. The lowest BCUT2D eigenvalue weighted by molar-refractivity contribution is -0.188. The van der Waals surface area contributed by atoms with Crippen LogP contribution in [-0.2, 0) is 11.8 Å². The molecule has 2 fully saturated rings. The van der Waals surface area contributed by atoms with Gasteiger partial charge in [-0.1, -0.05) is 6.08 Å². The standard InChI is InChI=1S/C27H38N10O2/c1-32(2)23(38)17-34-13-8-27(9-14-34)18-36(19-27)26(39)35-11-6-20(7-12-35)22-5-4-10-37-24(22)30-25(31-37)29-21-15-28-33(3)16-21/h4-6,10,15-16,26,39H,7-9,11-14,17-19H2,1-3H3,(H,29,31). The summed E-state index contributed by atoms with van der Waals surface area (Å²) in [7, 11) is 5.49. The van der Waals surface area contributed by atoms with Crippen molar-refractivity contribution in [3.05, 3.63) is 42.4 Å². The molecule has 0 saturated carbocycles. The lowest BCUT2D eigenvalue weighted by Gasteiger charge is -2.56. The summed E-state index contributed by atoms with van der Waals surface area (Å²) in [5.41, 5.74) is 4.23. The molecular weight excluding hydrogens is 496 g/mol. The molecule has 1 spiro atoms. The average molecular weight is 535 g/mol. The number of pyridine rings is 1. The third-order valence-electron chi connectivity index (χ3n) is 8.41. The van der Waals surface area contributed by atoms with E-state index in [2.05, 4.69) is 42.4 Å². The number of hydrogen-bond acceptors (Lipinski definition) is 9. The number of carbonyl (C=O) groups is 1. The van der Waals surface area contributed by atoms with E-state index in [1.807, 2.05) is 39.6 Å². The van der Waals surface area contributed by atoms with Crippen molar-refractivity contribution in [2.24, 2.45) is 12.5 Å². The predicted octanol–water partition coefficient (Wildman–Crippen LogP) is 1.06. The Bertz CT molecular complexity index is 1360. The zero-order valence-electron chi connectivity index (χ0n) is 23.0. The number of hydrogen-bond donors (Lipinski definition) is 2. The second kappa shape index (κ2) is 10.3. The molecule has 3 aromatic heterocycles. The highest BCUT2D eigenvalue weighted by molar-refractivity contribution is 5.78. The second-order valence-corrected chi connectivity index (χ2v) is 11.4. The van der Waals surface area contributed by atoms with Gasteiger partial charge in [-0.05, 0) is 55.5 Å². The van der Waals surface area contributed by atoms with Crippen molar-refractivity contribution in [2.45, 2.75) is 25.6 Å². The van der Waals surface area contributed by atoms with Gasteiger partial charge in [0.25, 0.3) is 0 Å². The molecule has 12 heteroatoms. The van der Waals surface area contributed by atoms with E-state index in [-0.39, 0.29) is 11.3 Å². The molecular formula is C27H38N10O2. The van der Waals surface area contributed by atoms with Crippen molar-refractivity contribution in [3.8, 4) is 0 Å². The molecule has 1 unspecified atom stereocenters. The highest BCUT2D eigenvalue weighted by Gasteiger charge is 2.47. The quantitative estimate of drug-likeness (QED) is 0.460. The van der Waals surface area contributed by atoms with Crippen LogP contribution in [0, 0.1) is 5.41 Å². The van der Waals surface area contributed by atoms with E-state index < -0.39 is 6.35 Å². The number of aliphatic hydroxyl groups is 1. The van der Waals surface area contributed by atoms with Gasteiger partial charge in [0.05, 0.1) is 18.4 Å². The Labute approximate surface area is 228 Å². The molecule has 1 atom stereocenters. The lowest BCUT2D eigenvalue weighted by Crippen LogP contribution is -2.66. The number of likely N-dealkylation sites (N-methyl/N-ethyl adjacent to an activating group) is 1. The molecule has 1 amide bonds. The minimum atomic E-state index is -0.569.